The van der Waals surface area contributed by atoms with E-state index in [2.05, 4.69) is 19.9 Å². The average Bonchev–Trinajstić information content (AvgIpc) is 2.68. The molecule has 0 aliphatic rings. The van der Waals surface area contributed by atoms with Crippen molar-refractivity contribution in [2.45, 2.75) is 52.4 Å². The van der Waals surface area contributed by atoms with Gasteiger partial charge in [0, 0.05) is 6.42 Å². The highest BCUT2D eigenvalue weighted by molar-refractivity contribution is 5.73. The minimum atomic E-state index is -0.164. The zero-order valence-corrected chi connectivity index (χ0v) is 15.7. The number of nitriles is 1. The van der Waals surface area contributed by atoms with Crippen molar-refractivity contribution in [1.29, 1.82) is 5.26 Å². The maximum absolute atomic E-state index is 12.0. The predicted octanol–water partition coefficient (Wildman–Crippen LogP) is 6.13. The third-order valence-corrected chi connectivity index (χ3v) is 4.70. The van der Waals surface area contributed by atoms with Gasteiger partial charge >= 0.3 is 5.97 Å². The van der Waals surface area contributed by atoms with E-state index in [1.807, 2.05) is 36.4 Å². The molecule has 0 fully saturated rings. The Kier molecular flexibility index (Phi) is 7.89. The first-order chi connectivity index (χ1) is 12.7. The van der Waals surface area contributed by atoms with Crippen molar-refractivity contribution in [2.75, 3.05) is 0 Å². The highest BCUT2D eigenvalue weighted by Gasteiger charge is 2.09. The summed E-state index contributed by atoms with van der Waals surface area (Å²) >= 11 is 0. The van der Waals surface area contributed by atoms with Gasteiger partial charge in [0.2, 0.25) is 0 Å². The minimum Gasteiger partial charge on any atom is -0.427 e. The molecule has 1 atom stereocenters. The van der Waals surface area contributed by atoms with Crippen molar-refractivity contribution in [3.8, 4) is 22.9 Å². The molecular weight excluding hydrogens is 322 g/mol. The van der Waals surface area contributed by atoms with Gasteiger partial charge in [-0.15, -0.1) is 0 Å². The second-order valence-electron chi connectivity index (χ2n) is 6.64. The Morgan fingerprint density at radius 2 is 1.62 bits per heavy atom. The van der Waals surface area contributed by atoms with Crippen molar-refractivity contribution in [3.63, 3.8) is 0 Å². The highest BCUT2D eigenvalue weighted by Crippen LogP contribution is 2.23. The summed E-state index contributed by atoms with van der Waals surface area (Å²) in [7, 11) is 0. The summed E-state index contributed by atoms with van der Waals surface area (Å²) in [5, 5.41) is 8.85. The number of carbonyl (C=O) groups excluding carboxylic acids is 1. The van der Waals surface area contributed by atoms with E-state index < -0.39 is 0 Å². The molecule has 0 saturated carbocycles. The third kappa shape index (κ3) is 6.04. The predicted molar refractivity (Wildman–Crippen MR) is 105 cm³/mol. The van der Waals surface area contributed by atoms with E-state index in [-0.39, 0.29) is 5.97 Å². The molecule has 2 rings (SSSR count). The van der Waals surface area contributed by atoms with Crippen molar-refractivity contribution in [1.82, 2.24) is 0 Å². The fourth-order valence-corrected chi connectivity index (χ4v) is 3.13. The van der Waals surface area contributed by atoms with E-state index in [4.69, 9.17) is 10.00 Å². The van der Waals surface area contributed by atoms with Gasteiger partial charge in [-0.3, -0.25) is 4.79 Å². The zero-order chi connectivity index (χ0) is 18.8. The molecule has 0 amide bonds. The molecule has 136 valence electrons. The van der Waals surface area contributed by atoms with Crippen LogP contribution >= 0.6 is 0 Å². The topological polar surface area (TPSA) is 50.1 Å². The molecule has 3 nitrogen and oxygen atoms in total. The number of esters is 1. The maximum Gasteiger partial charge on any atom is 0.311 e. The SMILES string of the molecule is CCCC(CC)CCCC(=O)Oc1ccc(-c2ccc(C#N)cc2)cc1. The molecule has 0 bridgehead atoms. The number of hydrogen-bond donors (Lipinski definition) is 0. The first kappa shape index (κ1) is 19.7. The van der Waals surface area contributed by atoms with E-state index in [0.29, 0.717) is 17.7 Å². The second kappa shape index (κ2) is 10.4. The van der Waals surface area contributed by atoms with Gasteiger partial charge < -0.3 is 4.74 Å². The molecule has 0 spiro atoms. The number of benzene rings is 2. The van der Waals surface area contributed by atoms with Crippen molar-refractivity contribution < 1.29 is 9.53 Å². The summed E-state index contributed by atoms with van der Waals surface area (Å²) in [6.45, 7) is 4.42. The summed E-state index contributed by atoms with van der Waals surface area (Å²) in [6.07, 6.45) is 6.08. The fraction of sp³-hybridized carbons (Fsp3) is 0.391. The molecule has 0 aliphatic heterocycles. The van der Waals surface area contributed by atoms with Crippen LogP contribution in [0.2, 0.25) is 0 Å². The van der Waals surface area contributed by atoms with Crippen molar-refractivity contribution >= 4 is 5.97 Å². The number of ether oxygens (including phenoxy) is 1. The summed E-state index contributed by atoms with van der Waals surface area (Å²) in [5.74, 6) is 1.13. The largest absolute Gasteiger partial charge is 0.427 e. The lowest BCUT2D eigenvalue weighted by Crippen LogP contribution is -2.08. The summed E-state index contributed by atoms with van der Waals surface area (Å²) in [6, 6.07) is 17.0. The third-order valence-electron chi connectivity index (χ3n) is 4.70. The van der Waals surface area contributed by atoms with Gasteiger partial charge in [-0.1, -0.05) is 57.4 Å². The first-order valence-corrected chi connectivity index (χ1v) is 9.47. The number of rotatable bonds is 9. The van der Waals surface area contributed by atoms with Gasteiger partial charge in [0.15, 0.2) is 0 Å². The Balaban J connectivity index is 1.84. The van der Waals surface area contributed by atoms with Crippen LogP contribution in [0.1, 0.15) is 57.9 Å². The van der Waals surface area contributed by atoms with Crippen LogP contribution in [0.15, 0.2) is 48.5 Å². The van der Waals surface area contributed by atoms with E-state index in [1.54, 1.807) is 12.1 Å². The maximum atomic E-state index is 12.0. The van der Waals surface area contributed by atoms with E-state index >= 15 is 0 Å². The smallest absolute Gasteiger partial charge is 0.311 e. The molecule has 0 heterocycles. The van der Waals surface area contributed by atoms with Gasteiger partial charge in [0.1, 0.15) is 5.75 Å². The molecule has 1 unspecified atom stereocenters. The summed E-state index contributed by atoms with van der Waals surface area (Å²) in [5.41, 5.74) is 2.70. The van der Waals surface area contributed by atoms with Crippen LogP contribution in [0.4, 0.5) is 0 Å². The van der Waals surface area contributed by atoms with E-state index in [9.17, 15) is 4.79 Å². The lowest BCUT2D eigenvalue weighted by atomic mass is 9.95. The van der Waals surface area contributed by atoms with Crippen LogP contribution in [0.3, 0.4) is 0 Å². The van der Waals surface area contributed by atoms with Gasteiger partial charge in [-0.2, -0.15) is 5.26 Å². The normalized spacial score (nSPS) is 11.6. The standard InChI is InChI=1S/C23H27NO2/c1-3-6-18(4-2)7-5-8-23(25)26-22-15-13-21(14-16-22)20-11-9-19(17-24)10-12-20/h9-16,18H,3-8H2,1-2H3. The second-order valence-corrected chi connectivity index (χ2v) is 6.64. The lowest BCUT2D eigenvalue weighted by molar-refractivity contribution is -0.134. The van der Waals surface area contributed by atoms with Crippen LogP contribution in [0.5, 0.6) is 5.75 Å². The monoisotopic (exact) mass is 349 g/mol. The Labute approximate surface area is 156 Å². The summed E-state index contributed by atoms with van der Waals surface area (Å²) in [4.78, 5) is 12.0. The van der Waals surface area contributed by atoms with Crippen LogP contribution in [-0.4, -0.2) is 5.97 Å². The fourth-order valence-electron chi connectivity index (χ4n) is 3.13. The molecule has 0 N–H and O–H groups in total. The van der Waals surface area contributed by atoms with E-state index in [0.717, 1.165) is 29.9 Å². The van der Waals surface area contributed by atoms with Crippen LogP contribution in [-0.2, 0) is 4.79 Å². The molecule has 0 saturated heterocycles. The zero-order valence-electron chi connectivity index (χ0n) is 15.7. The molecule has 0 aromatic heterocycles. The molecule has 2 aromatic rings. The number of carbonyl (C=O) groups is 1. The van der Waals surface area contributed by atoms with Crippen molar-refractivity contribution in [2.24, 2.45) is 5.92 Å². The Morgan fingerprint density at radius 1 is 1.00 bits per heavy atom. The van der Waals surface area contributed by atoms with E-state index in [1.165, 1.54) is 19.3 Å². The van der Waals surface area contributed by atoms with Gasteiger partial charge in [0.05, 0.1) is 11.6 Å². The Morgan fingerprint density at radius 3 is 2.15 bits per heavy atom. The quantitative estimate of drug-likeness (QED) is 0.404. The molecule has 3 heteroatoms. The Bertz CT molecular complexity index is 726. The minimum absolute atomic E-state index is 0.164. The van der Waals surface area contributed by atoms with Crippen LogP contribution < -0.4 is 4.74 Å². The molecule has 0 radical (unpaired) electrons. The van der Waals surface area contributed by atoms with Crippen molar-refractivity contribution in [3.05, 3.63) is 54.1 Å². The van der Waals surface area contributed by atoms with Gasteiger partial charge in [-0.05, 0) is 54.2 Å². The molecule has 0 aliphatic carbocycles. The van der Waals surface area contributed by atoms with Gasteiger partial charge in [-0.25, -0.2) is 0 Å². The first-order valence-electron chi connectivity index (χ1n) is 9.47. The molecular formula is C23H27NO2. The van der Waals surface area contributed by atoms with Crippen LogP contribution in [0, 0.1) is 17.2 Å². The lowest BCUT2D eigenvalue weighted by Gasteiger charge is -2.13. The summed E-state index contributed by atoms with van der Waals surface area (Å²) < 4.78 is 5.44. The molecule has 26 heavy (non-hydrogen) atoms. The van der Waals surface area contributed by atoms with Crippen LogP contribution in [0.25, 0.3) is 11.1 Å². The van der Waals surface area contributed by atoms with Gasteiger partial charge in [0.25, 0.3) is 0 Å². The molecule has 2 aromatic carbocycles. The highest BCUT2D eigenvalue weighted by atomic mass is 16.5. The number of hydrogen-bond acceptors (Lipinski definition) is 3. The number of nitrogens with zero attached hydrogens (tertiary/aromatic N) is 1. The average molecular weight is 349 g/mol. The Hall–Kier alpha value is -2.60.